The summed E-state index contributed by atoms with van der Waals surface area (Å²) >= 11 is 0. The molecule has 13 heavy (non-hydrogen) atoms. The van der Waals surface area contributed by atoms with E-state index in [0.717, 1.165) is 5.75 Å². The van der Waals surface area contributed by atoms with E-state index in [1.54, 1.807) is 0 Å². The van der Waals surface area contributed by atoms with Gasteiger partial charge in [0.1, 0.15) is 5.75 Å². The van der Waals surface area contributed by atoms with Gasteiger partial charge in [0.05, 0.1) is 6.61 Å². The molecule has 0 bridgehead atoms. The van der Waals surface area contributed by atoms with Gasteiger partial charge in [-0.1, -0.05) is 17.7 Å². The van der Waals surface area contributed by atoms with Crippen molar-refractivity contribution in [2.24, 2.45) is 0 Å². The van der Waals surface area contributed by atoms with Crippen molar-refractivity contribution in [3.05, 3.63) is 29.8 Å². The van der Waals surface area contributed by atoms with Crippen molar-refractivity contribution in [2.45, 2.75) is 13.8 Å². The largest absolute Gasteiger partial charge is 0.450 e. The molecule has 0 amide bonds. The normalized spacial score (nSPS) is 10.0. The molecule has 0 saturated carbocycles. The molecule has 0 fully saturated rings. The Kier molecular flexibility index (Phi) is 7.25. The summed E-state index contributed by atoms with van der Waals surface area (Å²) in [5.41, 5.74) is 1.24. The molecule has 0 radical (unpaired) electrons. The first-order valence-electron chi connectivity index (χ1n) is 3.93. The van der Waals surface area contributed by atoms with E-state index in [1.807, 2.05) is 31.2 Å². The standard InChI is InChI=1S/C9H13O2P.BrH/c1-3-10-12-11-9-6-4-8(2)5-7-9;/h4-7,12H,3H2,1-2H3;1H. The second-order valence-electron chi connectivity index (χ2n) is 2.43. The third-order valence-corrected chi connectivity index (χ3v) is 2.11. The summed E-state index contributed by atoms with van der Waals surface area (Å²) in [6, 6.07) is 7.93. The Hall–Kier alpha value is -0.110. The van der Waals surface area contributed by atoms with E-state index in [9.17, 15) is 0 Å². The molecule has 0 saturated heterocycles. The number of rotatable bonds is 4. The van der Waals surface area contributed by atoms with Crippen molar-refractivity contribution in [3.63, 3.8) is 0 Å². The molecule has 0 aliphatic rings. The van der Waals surface area contributed by atoms with Gasteiger partial charge < -0.3 is 9.05 Å². The van der Waals surface area contributed by atoms with Gasteiger partial charge in [-0.15, -0.1) is 17.0 Å². The zero-order valence-electron chi connectivity index (χ0n) is 7.74. The van der Waals surface area contributed by atoms with Crippen LogP contribution in [0.15, 0.2) is 24.3 Å². The van der Waals surface area contributed by atoms with Crippen LogP contribution in [0, 0.1) is 6.92 Å². The average molecular weight is 265 g/mol. The molecule has 74 valence electrons. The SMILES string of the molecule is Br.CCOPOc1ccc(C)cc1. The predicted octanol–water partition coefficient (Wildman–Crippen LogP) is 3.50. The van der Waals surface area contributed by atoms with Gasteiger partial charge in [-0.3, -0.25) is 0 Å². The first-order valence-corrected chi connectivity index (χ1v) is 4.75. The van der Waals surface area contributed by atoms with Gasteiger partial charge in [0.15, 0.2) is 0 Å². The molecular formula is C9H14BrO2P. The highest BCUT2D eigenvalue weighted by Gasteiger charge is 1.91. The van der Waals surface area contributed by atoms with Gasteiger partial charge in [-0.25, -0.2) is 0 Å². The van der Waals surface area contributed by atoms with Crippen LogP contribution in [-0.2, 0) is 4.52 Å². The minimum Gasteiger partial charge on any atom is -0.450 e. The lowest BCUT2D eigenvalue weighted by molar-refractivity contribution is 0.351. The van der Waals surface area contributed by atoms with Crippen molar-refractivity contribution < 1.29 is 9.05 Å². The topological polar surface area (TPSA) is 18.5 Å². The Morgan fingerprint density at radius 2 is 1.85 bits per heavy atom. The highest BCUT2D eigenvalue weighted by Crippen LogP contribution is 2.21. The minimum absolute atomic E-state index is 0. The van der Waals surface area contributed by atoms with E-state index < -0.39 is 0 Å². The lowest BCUT2D eigenvalue weighted by Gasteiger charge is -2.03. The van der Waals surface area contributed by atoms with E-state index in [2.05, 4.69) is 6.92 Å². The highest BCUT2D eigenvalue weighted by atomic mass is 79.9. The van der Waals surface area contributed by atoms with Gasteiger partial charge in [-0.05, 0) is 26.0 Å². The Labute approximate surface area is 91.4 Å². The fourth-order valence-electron chi connectivity index (χ4n) is 0.743. The predicted molar refractivity (Wildman–Crippen MR) is 62.1 cm³/mol. The summed E-state index contributed by atoms with van der Waals surface area (Å²) in [5, 5.41) is 0. The van der Waals surface area contributed by atoms with Crippen LogP contribution in [0.2, 0.25) is 0 Å². The van der Waals surface area contributed by atoms with E-state index in [1.165, 1.54) is 5.56 Å². The Morgan fingerprint density at radius 1 is 1.23 bits per heavy atom. The molecule has 0 aliphatic carbocycles. The van der Waals surface area contributed by atoms with Crippen LogP contribution in [0.4, 0.5) is 0 Å². The second-order valence-corrected chi connectivity index (χ2v) is 3.09. The summed E-state index contributed by atoms with van der Waals surface area (Å²) < 4.78 is 10.4. The number of benzene rings is 1. The summed E-state index contributed by atoms with van der Waals surface area (Å²) in [7, 11) is 0.106. The average Bonchev–Trinajstić information content (AvgIpc) is 2.09. The van der Waals surface area contributed by atoms with Crippen LogP contribution in [0.25, 0.3) is 0 Å². The van der Waals surface area contributed by atoms with Crippen molar-refractivity contribution in [3.8, 4) is 5.75 Å². The number of hydrogen-bond acceptors (Lipinski definition) is 2. The summed E-state index contributed by atoms with van der Waals surface area (Å²) in [4.78, 5) is 0. The maximum atomic E-state index is 5.31. The van der Waals surface area contributed by atoms with Gasteiger partial charge >= 0.3 is 0 Å². The summed E-state index contributed by atoms with van der Waals surface area (Å²) in [5.74, 6) is 0.868. The van der Waals surface area contributed by atoms with Crippen LogP contribution in [0.5, 0.6) is 5.75 Å². The minimum atomic E-state index is 0. The summed E-state index contributed by atoms with van der Waals surface area (Å²) in [6.45, 7) is 4.70. The molecule has 0 aliphatic heterocycles. The number of hydrogen-bond donors (Lipinski definition) is 0. The van der Waals surface area contributed by atoms with Gasteiger partial charge in [0.25, 0.3) is 0 Å². The Morgan fingerprint density at radius 3 is 2.38 bits per heavy atom. The van der Waals surface area contributed by atoms with Crippen LogP contribution < -0.4 is 4.52 Å². The van der Waals surface area contributed by atoms with Gasteiger partial charge in [0, 0.05) is 0 Å². The summed E-state index contributed by atoms with van der Waals surface area (Å²) in [6.07, 6.45) is 0. The molecule has 1 rings (SSSR count). The highest BCUT2D eigenvalue weighted by molar-refractivity contribution is 8.93. The molecule has 1 aromatic carbocycles. The van der Waals surface area contributed by atoms with Crippen molar-refractivity contribution in [1.82, 2.24) is 0 Å². The first kappa shape index (κ1) is 12.9. The maximum absolute atomic E-state index is 5.31. The second kappa shape index (κ2) is 7.31. The van der Waals surface area contributed by atoms with E-state index in [4.69, 9.17) is 9.05 Å². The van der Waals surface area contributed by atoms with Crippen LogP contribution in [0.3, 0.4) is 0 Å². The first-order chi connectivity index (χ1) is 5.83. The number of aryl methyl sites for hydroxylation is 1. The molecule has 0 N–H and O–H groups in total. The zero-order chi connectivity index (χ0) is 8.81. The number of halogens is 1. The third kappa shape index (κ3) is 5.25. The molecule has 1 atom stereocenters. The fraction of sp³-hybridized carbons (Fsp3) is 0.333. The molecule has 1 unspecified atom stereocenters. The Balaban J connectivity index is 0.00000144. The lowest BCUT2D eigenvalue weighted by atomic mass is 10.2. The molecular weight excluding hydrogens is 251 g/mol. The van der Waals surface area contributed by atoms with Gasteiger partial charge in [-0.2, -0.15) is 0 Å². The molecule has 0 spiro atoms. The third-order valence-electron chi connectivity index (χ3n) is 1.38. The maximum Gasteiger partial charge on any atom is 0.215 e. The molecule has 0 heterocycles. The van der Waals surface area contributed by atoms with Crippen molar-refractivity contribution >= 4 is 26.0 Å². The molecule has 2 nitrogen and oxygen atoms in total. The zero-order valence-corrected chi connectivity index (χ0v) is 10.5. The molecule has 0 aromatic heterocycles. The quantitative estimate of drug-likeness (QED) is 0.612. The molecule has 1 aromatic rings. The fourth-order valence-corrected chi connectivity index (χ4v) is 1.15. The molecule has 4 heteroatoms. The van der Waals surface area contributed by atoms with E-state index >= 15 is 0 Å². The Bertz CT molecular complexity index is 226. The van der Waals surface area contributed by atoms with Crippen molar-refractivity contribution in [1.29, 1.82) is 0 Å². The van der Waals surface area contributed by atoms with Crippen molar-refractivity contribution in [2.75, 3.05) is 6.61 Å². The lowest BCUT2D eigenvalue weighted by Crippen LogP contribution is -1.82. The van der Waals surface area contributed by atoms with Gasteiger partial charge in [0.2, 0.25) is 9.03 Å². The van der Waals surface area contributed by atoms with Crippen LogP contribution in [-0.4, -0.2) is 6.61 Å². The van der Waals surface area contributed by atoms with Crippen LogP contribution >= 0.6 is 26.0 Å². The monoisotopic (exact) mass is 264 g/mol. The van der Waals surface area contributed by atoms with E-state index in [-0.39, 0.29) is 26.0 Å². The van der Waals surface area contributed by atoms with Crippen LogP contribution in [0.1, 0.15) is 12.5 Å². The smallest absolute Gasteiger partial charge is 0.215 e. The van der Waals surface area contributed by atoms with E-state index in [0.29, 0.717) is 6.61 Å².